The summed E-state index contributed by atoms with van der Waals surface area (Å²) in [6.07, 6.45) is 11.8. The molecule has 2 aliphatic heterocycles. The molecule has 4 rings (SSSR count). The van der Waals surface area contributed by atoms with Crippen molar-refractivity contribution < 1.29 is 43.1 Å². The van der Waals surface area contributed by atoms with Crippen molar-refractivity contribution in [2.24, 2.45) is 11.7 Å². The van der Waals surface area contributed by atoms with Crippen molar-refractivity contribution in [2.45, 2.75) is 38.3 Å². The van der Waals surface area contributed by atoms with Crippen LogP contribution in [0.3, 0.4) is 0 Å². The first-order valence-corrected chi connectivity index (χ1v) is 12.3. The molecule has 10 heteroatoms. The number of carbonyl (C=O) groups excluding carboxylic acids is 1. The summed E-state index contributed by atoms with van der Waals surface area (Å²) in [5.74, 6) is 0.268. The molecule has 0 atom stereocenters. The molecule has 0 aromatic heterocycles. The summed E-state index contributed by atoms with van der Waals surface area (Å²) in [6.45, 7) is 11.3. The monoisotopic (exact) mass is 533 g/mol. The van der Waals surface area contributed by atoms with Gasteiger partial charge in [0.1, 0.15) is 11.9 Å². The van der Waals surface area contributed by atoms with Crippen LogP contribution in [0.4, 0.5) is 8.78 Å². The molecule has 2 heterocycles. The van der Waals surface area contributed by atoms with E-state index in [4.69, 9.17) is 17.6 Å². The van der Waals surface area contributed by atoms with Gasteiger partial charge >= 0.3 is 29.6 Å². The summed E-state index contributed by atoms with van der Waals surface area (Å²) in [7, 11) is 4.34. The normalized spacial score (nSPS) is 17.6. The summed E-state index contributed by atoms with van der Waals surface area (Å²) in [5, 5.41) is 9.78. The Labute approximate surface area is 251 Å². The van der Waals surface area contributed by atoms with E-state index in [0.717, 1.165) is 30.6 Å². The minimum atomic E-state index is -0.374. The number of nitrogens with two attached hydrogens (primary N) is 1. The zero-order chi connectivity index (χ0) is 26.8. The van der Waals surface area contributed by atoms with E-state index in [1.165, 1.54) is 76.1 Å². The Morgan fingerprint density at radius 3 is 2.00 bits per heavy atom. The summed E-state index contributed by atoms with van der Waals surface area (Å²) >= 11 is 0. The fourth-order valence-electron chi connectivity index (χ4n) is 3.87. The maximum Gasteiger partial charge on any atom is 1.00 e. The zero-order valence-corrected chi connectivity index (χ0v) is 25.0. The smallest absolute Gasteiger partial charge is 0.512 e. The molecule has 2 fully saturated rings. The second-order valence-electron chi connectivity index (χ2n) is 9.15. The van der Waals surface area contributed by atoms with Gasteiger partial charge in [0.05, 0.1) is 6.08 Å². The number of aldehydes is 1. The topological polar surface area (TPSA) is 85.4 Å². The molecule has 0 spiro atoms. The fraction of sp³-hybridized carbons (Fsp3) is 0.500. The standard InChI is InChI=1S/C13H19FN2.C7H4FO.C7H16N2.CN.B.Na/c1-16-8-6-13(7-9-16)15-10-11-2-4-12(14)5-3-11;8-7-3-1-6(5-9)2-4-7;1-9-4-2-7(6-8)3-5-9;1-2;;/h2-5,13,15H,6-10H2,1H3;1,3-5H;7H,2-6,8H2,1H3;;;/q;+1;;-1;;+1. The largest absolute Gasteiger partial charge is 1.00 e. The molecule has 0 amide bonds. The van der Waals surface area contributed by atoms with E-state index >= 15 is 0 Å². The van der Waals surface area contributed by atoms with E-state index in [-0.39, 0.29) is 49.6 Å². The third-order valence-electron chi connectivity index (χ3n) is 6.32. The summed E-state index contributed by atoms with van der Waals surface area (Å²) in [6, 6.07) is 7.34. The van der Waals surface area contributed by atoms with Gasteiger partial charge in [-0.2, -0.15) is 0 Å². The molecule has 3 N–H and O–H groups in total. The van der Waals surface area contributed by atoms with Crippen LogP contribution in [0.25, 0.3) is 0 Å². The Kier molecular flexibility index (Phi) is 23.4. The van der Waals surface area contributed by atoms with Gasteiger partial charge in [-0.05, 0) is 96.1 Å². The van der Waals surface area contributed by atoms with Crippen LogP contribution < -0.4 is 40.6 Å². The van der Waals surface area contributed by atoms with Crippen LogP contribution in [0, 0.1) is 29.6 Å². The van der Waals surface area contributed by atoms with E-state index in [1.54, 1.807) is 0 Å². The average molecular weight is 533 g/mol. The third kappa shape index (κ3) is 17.0. The fourth-order valence-corrected chi connectivity index (χ4v) is 3.87. The maximum atomic E-state index is 12.7. The SMILES string of the molecule is CN1CCC(CN)CC1.CN1CCC(NCc2ccc(F)cc2)CC1.O=CC1=[C+]C=C(F)C=C1.[B].[C-]#N.[Na+]. The number of piperidine rings is 2. The number of likely N-dealkylation sites (tertiary alicyclic amines) is 2. The second kappa shape index (κ2) is 23.2. The molecule has 1 aromatic carbocycles. The van der Waals surface area contributed by atoms with Gasteiger partial charge in [-0.1, -0.05) is 12.1 Å². The predicted octanol–water partition coefficient (Wildman–Crippen LogP) is 0.354. The molecule has 0 saturated carbocycles. The Hall–Kier alpha value is -1.73. The van der Waals surface area contributed by atoms with E-state index in [0.29, 0.717) is 17.9 Å². The molecule has 38 heavy (non-hydrogen) atoms. The molecule has 6 nitrogen and oxygen atoms in total. The second-order valence-corrected chi connectivity index (χ2v) is 9.15. The number of benzene rings is 1. The van der Waals surface area contributed by atoms with Gasteiger partial charge < -0.3 is 32.7 Å². The van der Waals surface area contributed by atoms with Gasteiger partial charge in [0.2, 0.25) is 12.1 Å². The minimum absolute atomic E-state index is 0. The van der Waals surface area contributed by atoms with Crippen LogP contribution >= 0.6 is 0 Å². The molecule has 0 bridgehead atoms. The minimum Gasteiger partial charge on any atom is -0.512 e. The van der Waals surface area contributed by atoms with Gasteiger partial charge in [0.25, 0.3) is 0 Å². The summed E-state index contributed by atoms with van der Waals surface area (Å²) < 4.78 is 24.8. The van der Waals surface area contributed by atoms with E-state index in [1.807, 2.05) is 12.1 Å². The Morgan fingerprint density at radius 1 is 1.03 bits per heavy atom. The first-order chi connectivity index (χ1) is 17.4. The van der Waals surface area contributed by atoms with Crippen molar-refractivity contribution >= 4 is 14.7 Å². The van der Waals surface area contributed by atoms with Crippen molar-refractivity contribution in [2.75, 3.05) is 46.8 Å². The van der Waals surface area contributed by atoms with E-state index in [9.17, 15) is 13.6 Å². The molecule has 2 saturated heterocycles. The first kappa shape index (κ1) is 38.4. The molecular formula is C28H39BF2N5NaO+. The Balaban J connectivity index is 0. The predicted molar refractivity (Wildman–Crippen MR) is 145 cm³/mol. The molecule has 3 aliphatic rings. The molecule has 0 unspecified atom stereocenters. The number of hydrogen-bond donors (Lipinski definition) is 2. The number of rotatable bonds is 5. The van der Waals surface area contributed by atoms with E-state index < -0.39 is 0 Å². The average Bonchev–Trinajstić information content (AvgIpc) is 2.92. The zero-order valence-electron chi connectivity index (χ0n) is 23.0. The van der Waals surface area contributed by atoms with Crippen LogP contribution in [-0.4, -0.2) is 77.4 Å². The third-order valence-corrected chi connectivity index (χ3v) is 6.32. The van der Waals surface area contributed by atoms with Gasteiger partial charge in [-0.15, -0.1) is 4.39 Å². The number of hydrogen-bond acceptors (Lipinski definition) is 6. The van der Waals surface area contributed by atoms with Crippen molar-refractivity contribution in [3.63, 3.8) is 0 Å². The van der Waals surface area contributed by atoms with Gasteiger partial charge in [-0.3, -0.25) is 0 Å². The van der Waals surface area contributed by atoms with Crippen molar-refractivity contribution in [3.05, 3.63) is 77.9 Å². The maximum absolute atomic E-state index is 12.7. The van der Waals surface area contributed by atoms with Crippen LogP contribution in [0.1, 0.15) is 31.2 Å². The summed E-state index contributed by atoms with van der Waals surface area (Å²) in [4.78, 5) is 14.7. The van der Waals surface area contributed by atoms with Crippen LogP contribution in [0.15, 0.2) is 53.9 Å². The number of halogens is 2. The molecule has 199 valence electrons. The molecule has 3 radical (unpaired) electrons. The van der Waals surface area contributed by atoms with Crippen molar-refractivity contribution in [3.8, 4) is 0 Å². The number of nitrogens with one attached hydrogen (secondary N) is 1. The Bertz CT molecular complexity index is 864. The van der Waals surface area contributed by atoms with Crippen LogP contribution in [0.5, 0.6) is 0 Å². The van der Waals surface area contributed by atoms with Crippen molar-refractivity contribution in [1.29, 1.82) is 5.26 Å². The van der Waals surface area contributed by atoms with Crippen molar-refractivity contribution in [1.82, 2.24) is 15.1 Å². The quantitative estimate of drug-likeness (QED) is 0.323. The van der Waals surface area contributed by atoms with Gasteiger partial charge in [-0.25, -0.2) is 9.18 Å². The number of carbonyl (C=O) groups is 1. The Morgan fingerprint density at radius 2 is 1.55 bits per heavy atom. The first-order valence-electron chi connectivity index (χ1n) is 12.3. The number of allylic oxidation sites excluding steroid dienone is 6. The molecule has 1 aromatic rings. The molecule has 1 aliphatic carbocycles. The van der Waals surface area contributed by atoms with E-state index in [2.05, 4.69) is 35.3 Å². The van der Waals surface area contributed by atoms with Gasteiger partial charge in [0, 0.05) is 33.2 Å². The number of nitrogens with zero attached hydrogens (tertiary/aromatic N) is 3. The van der Waals surface area contributed by atoms with Crippen LogP contribution in [-0.2, 0) is 11.3 Å². The van der Waals surface area contributed by atoms with Crippen LogP contribution in [0.2, 0.25) is 0 Å². The summed E-state index contributed by atoms with van der Waals surface area (Å²) in [5.41, 5.74) is 7.05. The molecular weight excluding hydrogens is 494 g/mol. The van der Waals surface area contributed by atoms with Gasteiger partial charge in [0.15, 0.2) is 5.57 Å².